The SMILES string of the molecule is CC(C)CN(CC(=O)O)c1nccnc1C(N)=O. The first kappa shape index (κ1) is 13.9. The van der Waals surface area contributed by atoms with Gasteiger partial charge in [-0.25, -0.2) is 9.97 Å². The molecule has 1 amide bonds. The van der Waals surface area contributed by atoms with E-state index < -0.39 is 11.9 Å². The van der Waals surface area contributed by atoms with Crippen LogP contribution in [0.2, 0.25) is 0 Å². The number of aliphatic carboxylic acids is 1. The Bertz CT molecular complexity index is 448. The summed E-state index contributed by atoms with van der Waals surface area (Å²) in [4.78, 5) is 31.4. The van der Waals surface area contributed by atoms with E-state index in [1.54, 1.807) is 0 Å². The molecule has 1 aromatic heterocycles. The Labute approximate surface area is 105 Å². The zero-order valence-corrected chi connectivity index (χ0v) is 10.3. The number of carbonyl (C=O) groups is 2. The molecule has 98 valence electrons. The molecule has 0 fully saturated rings. The average molecular weight is 252 g/mol. The van der Waals surface area contributed by atoms with Crippen LogP contribution in [-0.2, 0) is 4.79 Å². The second-order valence-electron chi connectivity index (χ2n) is 4.26. The highest BCUT2D eigenvalue weighted by Crippen LogP contribution is 2.15. The van der Waals surface area contributed by atoms with E-state index in [4.69, 9.17) is 10.8 Å². The van der Waals surface area contributed by atoms with E-state index >= 15 is 0 Å². The highest BCUT2D eigenvalue weighted by Gasteiger charge is 2.20. The number of nitrogens with two attached hydrogens (primary N) is 1. The van der Waals surface area contributed by atoms with Crippen LogP contribution in [0.15, 0.2) is 12.4 Å². The van der Waals surface area contributed by atoms with E-state index in [2.05, 4.69) is 9.97 Å². The lowest BCUT2D eigenvalue weighted by Crippen LogP contribution is -2.35. The molecule has 0 aromatic carbocycles. The summed E-state index contributed by atoms with van der Waals surface area (Å²) in [5, 5.41) is 8.88. The first-order valence-electron chi connectivity index (χ1n) is 5.49. The molecule has 0 radical (unpaired) electrons. The first-order valence-corrected chi connectivity index (χ1v) is 5.49. The molecule has 0 bridgehead atoms. The second-order valence-corrected chi connectivity index (χ2v) is 4.26. The van der Waals surface area contributed by atoms with Crippen molar-refractivity contribution in [1.29, 1.82) is 0 Å². The molecular formula is C11H16N4O3. The van der Waals surface area contributed by atoms with Crippen LogP contribution in [0.5, 0.6) is 0 Å². The fourth-order valence-corrected chi connectivity index (χ4v) is 1.57. The fourth-order valence-electron chi connectivity index (χ4n) is 1.57. The Morgan fingerprint density at radius 2 is 2.00 bits per heavy atom. The molecular weight excluding hydrogens is 236 g/mol. The topological polar surface area (TPSA) is 109 Å². The minimum atomic E-state index is -1.00. The van der Waals surface area contributed by atoms with E-state index in [0.29, 0.717) is 6.54 Å². The number of anilines is 1. The van der Waals surface area contributed by atoms with Crippen LogP contribution in [0.4, 0.5) is 5.82 Å². The lowest BCUT2D eigenvalue weighted by Gasteiger charge is -2.24. The Morgan fingerprint density at radius 1 is 1.39 bits per heavy atom. The molecule has 0 aliphatic rings. The van der Waals surface area contributed by atoms with E-state index in [0.717, 1.165) is 0 Å². The van der Waals surface area contributed by atoms with Gasteiger partial charge in [-0.1, -0.05) is 13.8 Å². The molecule has 7 heteroatoms. The molecule has 0 spiro atoms. The predicted molar refractivity (Wildman–Crippen MR) is 65.2 cm³/mol. The molecule has 1 rings (SSSR count). The van der Waals surface area contributed by atoms with Crippen molar-refractivity contribution in [3.05, 3.63) is 18.1 Å². The van der Waals surface area contributed by atoms with Gasteiger partial charge in [0, 0.05) is 18.9 Å². The lowest BCUT2D eigenvalue weighted by atomic mass is 10.2. The summed E-state index contributed by atoms with van der Waals surface area (Å²) in [6.07, 6.45) is 2.74. The van der Waals surface area contributed by atoms with Gasteiger partial charge in [0.05, 0.1) is 0 Å². The second kappa shape index (κ2) is 5.95. The third kappa shape index (κ3) is 3.69. The highest BCUT2D eigenvalue weighted by atomic mass is 16.4. The number of nitrogens with zero attached hydrogens (tertiary/aromatic N) is 3. The maximum absolute atomic E-state index is 11.2. The van der Waals surface area contributed by atoms with Gasteiger partial charge in [-0.3, -0.25) is 9.59 Å². The van der Waals surface area contributed by atoms with Crippen LogP contribution >= 0.6 is 0 Å². The van der Waals surface area contributed by atoms with Gasteiger partial charge < -0.3 is 15.7 Å². The normalized spacial score (nSPS) is 10.4. The molecule has 0 aliphatic heterocycles. The molecule has 0 saturated heterocycles. The van der Waals surface area contributed by atoms with Crippen molar-refractivity contribution in [2.75, 3.05) is 18.0 Å². The van der Waals surface area contributed by atoms with Gasteiger partial charge in [0.2, 0.25) is 0 Å². The van der Waals surface area contributed by atoms with Gasteiger partial charge in [-0.2, -0.15) is 0 Å². The van der Waals surface area contributed by atoms with Crippen molar-refractivity contribution in [2.24, 2.45) is 11.7 Å². The number of carbonyl (C=O) groups excluding carboxylic acids is 1. The number of carboxylic acids is 1. The number of carboxylic acid groups (broad SMARTS) is 1. The number of rotatable bonds is 6. The quantitative estimate of drug-likeness (QED) is 0.744. The van der Waals surface area contributed by atoms with E-state index in [9.17, 15) is 9.59 Å². The maximum atomic E-state index is 11.2. The van der Waals surface area contributed by atoms with E-state index in [1.807, 2.05) is 13.8 Å². The Balaban J connectivity index is 3.11. The minimum Gasteiger partial charge on any atom is -0.480 e. The van der Waals surface area contributed by atoms with Gasteiger partial charge in [0.1, 0.15) is 6.54 Å². The first-order chi connectivity index (χ1) is 8.41. The molecule has 1 aromatic rings. The van der Waals surface area contributed by atoms with Crippen molar-refractivity contribution < 1.29 is 14.7 Å². The molecule has 7 nitrogen and oxygen atoms in total. The molecule has 0 saturated carbocycles. The average Bonchev–Trinajstić information content (AvgIpc) is 2.26. The number of hydrogen-bond acceptors (Lipinski definition) is 5. The van der Waals surface area contributed by atoms with Crippen LogP contribution < -0.4 is 10.6 Å². The number of hydrogen-bond donors (Lipinski definition) is 2. The third-order valence-corrected chi connectivity index (χ3v) is 2.12. The van der Waals surface area contributed by atoms with Gasteiger partial charge in [-0.05, 0) is 5.92 Å². The Hall–Kier alpha value is -2.18. The van der Waals surface area contributed by atoms with Crippen LogP contribution in [0.3, 0.4) is 0 Å². The van der Waals surface area contributed by atoms with Crippen LogP contribution in [0.25, 0.3) is 0 Å². The Morgan fingerprint density at radius 3 is 2.50 bits per heavy atom. The molecule has 3 N–H and O–H groups in total. The molecule has 18 heavy (non-hydrogen) atoms. The summed E-state index contributed by atoms with van der Waals surface area (Å²) in [7, 11) is 0. The maximum Gasteiger partial charge on any atom is 0.323 e. The summed E-state index contributed by atoms with van der Waals surface area (Å²) < 4.78 is 0. The summed E-state index contributed by atoms with van der Waals surface area (Å²) in [5.41, 5.74) is 5.18. The van der Waals surface area contributed by atoms with Gasteiger partial charge in [0.15, 0.2) is 11.5 Å². The largest absolute Gasteiger partial charge is 0.480 e. The van der Waals surface area contributed by atoms with Crippen molar-refractivity contribution in [3.63, 3.8) is 0 Å². The minimum absolute atomic E-state index is 0.0144. The summed E-state index contributed by atoms with van der Waals surface area (Å²) in [5.74, 6) is -1.30. The van der Waals surface area contributed by atoms with Crippen molar-refractivity contribution >= 4 is 17.7 Å². The van der Waals surface area contributed by atoms with Crippen molar-refractivity contribution in [3.8, 4) is 0 Å². The van der Waals surface area contributed by atoms with Crippen LogP contribution in [0.1, 0.15) is 24.3 Å². The fraction of sp³-hybridized carbons (Fsp3) is 0.455. The predicted octanol–water partition coefficient (Wildman–Crippen LogP) is 0.122. The summed E-state index contributed by atoms with van der Waals surface area (Å²) in [6, 6.07) is 0. The number of aromatic nitrogens is 2. The van der Waals surface area contributed by atoms with Gasteiger partial charge in [0.25, 0.3) is 5.91 Å². The smallest absolute Gasteiger partial charge is 0.323 e. The van der Waals surface area contributed by atoms with Gasteiger partial charge in [-0.15, -0.1) is 0 Å². The zero-order chi connectivity index (χ0) is 13.7. The molecule has 0 aliphatic carbocycles. The standard InChI is InChI=1S/C11H16N4O3/c1-7(2)5-15(6-8(16)17)11-9(10(12)18)13-3-4-14-11/h3-4,7H,5-6H2,1-2H3,(H2,12,18)(H,16,17). The molecule has 0 unspecified atom stereocenters. The van der Waals surface area contributed by atoms with E-state index in [1.165, 1.54) is 17.3 Å². The monoisotopic (exact) mass is 252 g/mol. The van der Waals surface area contributed by atoms with Crippen LogP contribution in [0, 0.1) is 5.92 Å². The number of amides is 1. The van der Waals surface area contributed by atoms with E-state index in [-0.39, 0.29) is 24.0 Å². The molecule has 0 atom stereocenters. The highest BCUT2D eigenvalue weighted by molar-refractivity contribution is 5.96. The lowest BCUT2D eigenvalue weighted by molar-refractivity contribution is -0.135. The summed E-state index contributed by atoms with van der Waals surface area (Å²) in [6.45, 7) is 4.08. The van der Waals surface area contributed by atoms with Crippen molar-refractivity contribution in [1.82, 2.24) is 9.97 Å². The molecule has 1 heterocycles. The van der Waals surface area contributed by atoms with Crippen LogP contribution in [-0.4, -0.2) is 40.0 Å². The number of primary amides is 1. The third-order valence-electron chi connectivity index (χ3n) is 2.12. The van der Waals surface area contributed by atoms with Crippen molar-refractivity contribution in [2.45, 2.75) is 13.8 Å². The van der Waals surface area contributed by atoms with Gasteiger partial charge >= 0.3 is 5.97 Å². The Kier molecular flexibility index (Phi) is 4.59. The zero-order valence-electron chi connectivity index (χ0n) is 10.3. The summed E-state index contributed by atoms with van der Waals surface area (Å²) >= 11 is 0.